The molecule has 54 valence electrons. The van der Waals surface area contributed by atoms with Crippen molar-refractivity contribution < 1.29 is 4.79 Å². The quantitative estimate of drug-likeness (QED) is 0.721. The van der Waals surface area contributed by atoms with Gasteiger partial charge in [0.15, 0.2) is 5.78 Å². The molecule has 0 bridgehead atoms. The minimum Gasteiger partial charge on any atom is -0.294 e. The standard InChI is InChI=1S/C6H4Br2OS/c1-3(9)6-5(8)4(7)2-10-6/h2H,1H3. The summed E-state index contributed by atoms with van der Waals surface area (Å²) < 4.78 is 1.81. The van der Waals surface area contributed by atoms with Crippen LogP contribution in [0.5, 0.6) is 0 Å². The third-order valence-corrected chi connectivity index (χ3v) is 4.64. The van der Waals surface area contributed by atoms with Gasteiger partial charge in [0.2, 0.25) is 0 Å². The van der Waals surface area contributed by atoms with Gasteiger partial charge >= 0.3 is 0 Å². The maximum Gasteiger partial charge on any atom is 0.170 e. The fourth-order valence-electron chi connectivity index (χ4n) is 0.560. The minimum atomic E-state index is 0.0996. The molecule has 0 aliphatic heterocycles. The van der Waals surface area contributed by atoms with Crippen molar-refractivity contribution in [3.05, 3.63) is 19.2 Å². The van der Waals surface area contributed by atoms with Crippen LogP contribution in [0.2, 0.25) is 0 Å². The second-order valence-corrected chi connectivity index (χ2v) is 4.31. The van der Waals surface area contributed by atoms with Crippen molar-refractivity contribution in [3.8, 4) is 0 Å². The maximum absolute atomic E-state index is 10.8. The number of Topliss-reactive ketones (excluding diaryl/α,β-unsaturated/α-hetero) is 1. The molecule has 1 nitrogen and oxygen atoms in total. The lowest BCUT2D eigenvalue weighted by atomic mass is 10.4. The molecule has 0 unspecified atom stereocenters. The van der Waals surface area contributed by atoms with Crippen LogP contribution in [0.4, 0.5) is 0 Å². The van der Waals surface area contributed by atoms with Crippen LogP contribution in [-0.4, -0.2) is 5.78 Å². The summed E-state index contributed by atoms with van der Waals surface area (Å²) >= 11 is 8.03. The summed E-state index contributed by atoms with van der Waals surface area (Å²) in [4.78, 5) is 11.6. The number of halogens is 2. The molecule has 0 atom stereocenters. The second kappa shape index (κ2) is 3.15. The van der Waals surface area contributed by atoms with Gasteiger partial charge in [-0.1, -0.05) is 0 Å². The van der Waals surface area contributed by atoms with E-state index in [0.717, 1.165) is 13.8 Å². The average Bonchev–Trinajstić information content (AvgIpc) is 2.14. The van der Waals surface area contributed by atoms with Crippen molar-refractivity contribution >= 4 is 49.0 Å². The van der Waals surface area contributed by atoms with Crippen LogP contribution in [0.1, 0.15) is 16.6 Å². The van der Waals surface area contributed by atoms with E-state index in [9.17, 15) is 4.79 Å². The van der Waals surface area contributed by atoms with E-state index in [0.29, 0.717) is 0 Å². The molecule has 0 saturated carbocycles. The first-order valence-corrected chi connectivity index (χ1v) is 5.03. The van der Waals surface area contributed by atoms with Crippen LogP contribution < -0.4 is 0 Å². The molecule has 0 fully saturated rings. The van der Waals surface area contributed by atoms with Crippen molar-refractivity contribution in [2.24, 2.45) is 0 Å². The highest BCUT2D eigenvalue weighted by atomic mass is 79.9. The predicted octanol–water partition coefficient (Wildman–Crippen LogP) is 3.48. The smallest absolute Gasteiger partial charge is 0.170 e. The van der Waals surface area contributed by atoms with Gasteiger partial charge in [-0.05, 0) is 38.8 Å². The molecule has 0 amide bonds. The minimum absolute atomic E-state index is 0.0996. The Morgan fingerprint density at radius 1 is 1.60 bits per heavy atom. The highest BCUT2D eigenvalue weighted by Crippen LogP contribution is 2.32. The fraction of sp³-hybridized carbons (Fsp3) is 0.167. The van der Waals surface area contributed by atoms with E-state index in [4.69, 9.17) is 0 Å². The SMILES string of the molecule is CC(=O)c1scc(Br)c1Br. The highest BCUT2D eigenvalue weighted by molar-refractivity contribution is 9.13. The summed E-state index contributed by atoms with van der Waals surface area (Å²) in [6.07, 6.45) is 0. The molecule has 4 heteroatoms. The summed E-state index contributed by atoms with van der Waals surface area (Å²) in [5.41, 5.74) is 0. The third-order valence-electron chi connectivity index (χ3n) is 1.01. The van der Waals surface area contributed by atoms with Crippen LogP contribution in [0.25, 0.3) is 0 Å². The first-order valence-electron chi connectivity index (χ1n) is 2.56. The number of hydrogen-bond acceptors (Lipinski definition) is 2. The van der Waals surface area contributed by atoms with Crippen molar-refractivity contribution in [2.45, 2.75) is 6.92 Å². The van der Waals surface area contributed by atoms with Gasteiger partial charge in [0.05, 0.1) is 9.35 Å². The number of carbonyl (C=O) groups is 1. The van der Waals surface area contributed by atoms with Gasteiger partial charge in [-0.15, -0.1) is 11.3 Å². The Labute approximate surface area is 79.7 Å². The summed E-state index contributed by atoms with van der Waals surface area (Å²) in [7, 11) is 0. The summed E-state index contributed by atoms with van der Waals surface area (Å²) in [5, 5.41) is 1.89. The zero-order valence-corrected chi connectivity index (χ0v) is 9.14. The number of ketones is 1. The van der Waals surface area contributed by atoms with Crippen LogP contribution in [0.3, 0.4) is 0 Å². The topological polar surface area (TPSA) is 17.1 Å². The van der Waals surface area contributed by atoms with E-state index in [1.807, 2.05) is 5.38 Å². The van der Waals surface area contributed by atoms with Gasteiger partial charge in [-0.2, -0.15) is 0 Å². The van der Waals surface area contributed by atoms with Gasteiger partial charge in [0.25, 0.3) is 0 Å². The lowest BCUT2D eigenvalue weighted by molar-refractivity contribution is 0.102. The summed E-state index contributed by atoms with van der Waals surface area (Å²) in [5.74, 6) is 0.0996. The van der Waals surface area contributed by atoms with E-state index in [-0.39, 0.29) is 5.78 Å². The van der Waals surface area contributed by atoms with Gasteiger partial charge in [-0.3, -0.25) is 4.79 Å². The lowest BCUT2D eigenvalue weighted by Crippen LogP contribution is -1.86. The molecular weight excluding hydrogens is 280 g/mol. The Morgan fingerprint density at radius 3 is 2.40 bits per heavy atom. The number of carbonyl (C=O) groups excluding carboxylic acids is 1. The monoisotopic (exact) mass is 282 g/mol. The van der Waals surface area contributed by atoms with E-state index < -0.39 is 0 Å². The van der Waals surface area contributed by atoms with Crippen LogP contribution in [0, 0.1) is 0 Å². The molecule has 1 aromatic heterocycles. The molecule has 0 aliphatic carbocycles. The van der Waals surface area contributed by atoms with Gasteiger partial charge < -0.3 is 0 Å². The van der Waals surface area contributed by atoms with E-state index >= 15 is 0 Å². The van der Waals surface area contributed by atoms with Crippen molar-refractivity contribution in [3.63, 3.8) is 0 Å². The van der Waals surface area contributed by atoms with Gasteiger partial charge in [0.1, 0.15) is 0 Å². The Balaban J connectivity index is 3.17. The van der Waals surface area contributed by atoms with Gasteiger partial charge in [-0.25, -0.2) is 0 Å². The molecule has 1 aromatic rings. The lowest BCUT2D eigenvalue weighted by Gasteiger charge is -1.88. The Hall–Kier alpha value is 0.330. The van der Waals surface area contributed by atoms with Gasteiger partial charge in [0, 0.05) is 9.85 Å². The van der Waals surface area contributed by atoms with E-state index in [1.165, 1.54) is 11.3 Å². The normalized spacial score (nSPS) is 9.90. The predicted molar refractivity (Wildman–Crippen MR) is 49.7 cm³/mol. The second-order valence-electron chi connectivity index (χ2n) is 1.78. The van der Waals surface area contributed by atoms with Crippen LogP contribution >= 0.6 is 43.2 Å². The number of rotatable bonds is 1. The fourth-order valence-corrected chi connectivity index (χ4v) is 2.71. The molecule has 10 heavy (non-hydrogen) atoms. The summed E-state index contributed by atoms with van der Waals surface area (Å²) in [6, 6.07) is 0. The Morgan fingerprint density at radius 2 is 2.20 bits per heavy atom. The zero-order valence-electron chi connectivity index (χ0n) is 5.15. The maximum atomic E-state index is 10.8. The van der Waals surface area contributed by atoms with Crippen molar-refractivity contribution in [1.29, 1.82) is 0 Å². The third kappa shape index (κ3) is 1.49. The molecule has 1 heterocycles. The molecule has 0 saturated heterocycles. The van der Waals surface area contributed by atoms with Crippen molar-refractivity contribution in [2.75, 3.05) is 0 Å². The first kappa shape index (κ1) is 8.43. The zero-order chi connectivity index (χ0) is 7.72. The van der Waals surface area contributed by atoms with E-state index in [2.05, 4.69) is 31.9 Å². The largest absolute Gasteiger partial charge is 0.294 e. The molecule has 0 N–H and O–H groups in total. The Kier molecular flexibility index (Phi) is 2.66. The molecular formula is C6H4Br2OS. The first-order chi connectivity index (χ1) is 4.63. The Bertz CT molecular complexity index is 267. The van der Waals surface area contributed by atoms with Crippen LogP contribution in [0.15, 0.2) is 14.3 Å². The highest BCUT2D eigenvalue weighted by Gasteiger charge is 2.09. The van der Waals surface area contributed by atoms with Crippen LogP contribution in [-0.2, 0) is 0 Å². The molecule has 0 aliphatic rings. The molecule has 1 rings (SSSR count). The number of hydrogen-bond donors (Lipinski definition) is 0. The van der Waals surface area contributed by atoms with Crippen molar-refractivity contribution in [1.82, 2.24) is 0 Å². The summed E-state index contributed by atoms with van der Waals surface area (Å²) in [6.45, 7) is 1.56. The molecule has 0 radical (unpaired) electrons. The average molecular weight is 284 g/mol. The molecule has 0 aromatic carbocycles. The van der Waals surface area contributed by atoms with E-state index in [1.54, 1.807) is 6.92 Å². The molecule has 0 spiro atoms. The number of thiophene rings is 1.